The Balaban J connectivity index is 1.50. The number of β-amino-alcohol motifs (C(OH)–C–C–N with tert-alkyl or cyclic N) is 1. The summed E-state index contributed by atoms with van der Waals surface area (Å²) in [4.78, 5) is 17.1. The summed E-state index contributed by atoms with van der Waals surface area (Å²) in [7, 11) is 2.32. The number of amides is 1. The van der Waals surface area contributed by atoms with Crippen molar-refractivity contribution in [2.24, 2.45) is 5.92 Å². The van der Waals surface area contributed by atoms with Gasteiger partial charge in [-0.15, -0.1) is 0 Å². The van der Waals surface area contributed by atoms with E-state index < -0.39 is 0 Å². The zero-order valence-corrected chi connectivity index (χ0v) is 18.3. The van der Waals surface area contributed by atoms with Gasteiger partial charge in [-0.1, -0.05) is 26.8 Å². The zero-order valence-electron chi connectivity index (χ0n) is 17.3. The van der Waals surface area contributed by atoms with Crippen molar-refractivity contribution in [3.63, 3.8) is 0 Å². The molecule has 3 aliphatic rings. The SMILES string of the molecule is CNc1ccc(C2=CC(=O)N3C=C(C4CCN(CCO)CC4)C=CC3P2)cc1C=N. The molecule has 2 atom stereocenters. The number of nitrogens with one attached hydrogen (secondary N) is 2. The largest absolute Gasteiger partial charge is 0.395 e. The third-order valence-electron chi connectivity index (χ3n) is 6.15. The van der Waals surface area contributed by atoms with Crippen molar-refractivity contribution in [3.05, 3.63) is 59.3 Å². The lowest BCUT2D eigenvalue weighted by Crippen LogP contribution is -2.38. The number of allylic oxidation sites excluding steroid dienone is 2. The molecule has 1 amide bonds. The summed E-state index contributed by atoms with van der Waals surface area (Å²) in [5, 5.41) is 20.9. The molecule has 6 nitrogen and oxygen atoms in total. The Labute approximate surface area is 179 Å². The van der Waals surface area contributed by atoms with Crippen LogP contribution in [0, 0.1) is 11.3 Å². The molecule has 30 heavy (non-hydrogen) atoms. The smallest absolute Gasteiger partial charge is 0.252 e. The Kier molecular flexibility index (Phi) is 6.47. The molecule has 3 aliphatic heterocycles. The number of carbonyl (C=O) groups is 1. The second kappa shape index (κ2) is 9.25. The van der Waals surface area contributed by atoms with E-state index in [1.807, 2.05) is 30.1 Å². The van der Waals surface area contributed by atoms with Crippen molar-refractivity contribution < 1.29 is 9.90 Å². The summed E-state index contributed by atoms with van der Waals surface area (Å²) >= 11 is 0. The molecule has 3 N–H and O–H groups in total. The number of nitrogens with zero attached hydrogens (tertiary/aromatic N) is 2. The molecule has 1 aromatic carbocycles. The topological polar surface area (TPSA) is 79.7 Å². The van der Waals surface area contributed by atoms with E-state index >= 15 is 0 Å². The molecule has 2 unspecified atom stereocenters. The Bertz CT molecular complexity index is 916. The highest BCUT2D eigenvalue weighted by atomic mass is 31.1. The predicted octanol–water partition coefficient (Wildman–Crippen LogP) is 3.07. The average Bonchev–Trinajstić information content (AvgIpc) is 2.79. The number of aliphatic hydroxyl groups excluding tert-OH is 1. The lowest BCUT2D eigenvalue weighted by atomic mass is 9.88. The lowest BCUT2D eigenvalue weighted by Gasteiger charge is -2.37. The Morgan fingerprint density at radius 1 is 1.33 bits per heavy atom. The van der Waals surface area contributed by atoms with Gasteiger partial charge in [0.25, 0.3) is 5.91 Å². The summed E-state index contributed by atoms with van der Waals surface area (Å²) in [6.07, 6.45) is 11.7. The van der Waals surface area contributed by atoms with Crippen LogP contribution in [0.2, 0.25) is 0 Å². The predicted molar refractivity (Wildman–Crippen MR) is 124 cm³/mol. The maximum Gasteiger partial charge on any atom is 0.252 e. The normalized spacial score (nSPS) is 23.2. The maximum atomic E-state index is 12.9. The minimum Gasteiger partial charge on any atom is -0.395 e. The molecule has 0 spiro atoms. The Morgan fingerprint density at radius 3 is 2.83 bits per heavy atom. The van der Waals surface area contributed by atoms with Crippen molar-refractivity contribution in [1.29, 1.82) is 5.41 Å². The van der Waals surface area contributed by atoms with Gasteiger partial charge in [0.15, 0.2) is 0 Å². The van der Waals surface area contributed by atoms with Gasteiger partial charge in [0.1, 0.15) is 0 Å². The molecule has 1 fully saturated rings. The van der Waals surface area contributed by atoms with Gasteiger partial charge in [-0.25, -0.2) is 0 Å². The van der Waals surface area contributed by atoms with Crippen LogP contribution in [0.1, 0.15) is 24.0 Å². The van der Waals surface area contributed by atoms with E-state index in [0.717, 1.165) is 54.6 Å². The number of likely N-dealkylation sites (tertiary alicyclic amines) is 1. The maximum absolute atomic E-state index is 12.9. The summed E-state index contributed by atoms with van der Waals surface area (Å²) in [6.45, 7) is 2.96. The Hall–Kier alpha value is -2.27. The third-order valence-corrected chi connectivity index (χ3v) is 7.66. The molecule has 4 rings (SSSR count). The van der Waals surface area contributed by atoms with Crippen LogP contribution in [0.25, 0.3) is 5.31 Å². The molecule has 0 radical (unpaired) electrons. The zero-order chi connectivity index (χ0) is 21.1. The highest BCUT2D eigenvalue weighted by molar-refractivity contribution is 7.51. The fraction of sp³-hybridized carbons (Fsp3) is 0.391. The fourth-order valence-electron chi connectivity index (χ4n) is 4.41. The summed E-state index contributed by atoms with van der Waals surface area (Å²) in [5.74, 6) is 0.577. The highest BCUT2D eigenvalue weighted by Gasteiger charge is 2.31. The molecule has 1 saturated heterocycles. The number of anilines is 1. The number of hydrogen-bond donors (Lipinski definition) is 3. The molecular formula is C23H29N4O2P. The molecule has 0 aromatic heterocycles. The molecule has 158 valence electrons. The summed E-state index contributed by atoms with van der Waals surface area (Å²) in [6, 6.07) is 5.97. The molecule has 0 saturated carbocycles. The van der Waals surface area contributed by atoms with Crippen LogP contribution in [-0.4, -0.2) is 66.1 Å². The van der Waals surface area contributed by atoms with E-state index in [2.05, 4.69) is 28.6 Å². The second-order valence-corrected chi connectivity index (χ2v) is 9.34. The second-order valence-electron chi connectivity index (χ2n) is 7.92. The number of benzene rings is 1. The van der Waals surface area contributed by atoms with E-state index in [1.54, 1.807) is 6.08 Å². The van der Waals surface area contributed by atoms with Crippen LogP contribution in [-0.2, 0) is 4.79 Å². The van der Waals surface area contributed by atoms with Gasteiger partial charge in [0.05, 0.1) is 12.4 Å². The van der Waals surface area contributed by atoms with Gasteiger partial charge in [-0.2, -0.15) is 0 Å². The average molecular weight is 424 g/mol. The van der Waals surface area contributed by atoms with Crippen LogP contribution >= 0.6 is 8.58 Å². The number of rotatable bonds is 6. The molecule has 3 heterocycles. The lowest BCUT2D eigenvalue weighted by molar-refractivity contribution is -0.123. The monoisotopic (exact) mass is 424 g/mol. The fourth-order valence-corrected chi connectivity index (χ4v) is 5.79. The molecule has 1 aromatic rings. The summed E-state index contributed by atoms with van der Waals surface area (Å²) < 4.78 is 0. The number of aliphatic hydroxyl groups is 1. The number of fused-ring (bicyclic) bond motifs is 1. The number of piperidine rings is 1. The van der Waals surface area contributed by atoms with Gasteiger partial charge >= 0.3 is 0 Å². The van der Waals surface area contributed by atoms with Crippen molar-refractivity contribution in [2.75, 3.05) is 38.6 Å². The summed E-state index contributed by atoms with van der Waals surface area (Å²) in [5.41, 5.74) is 3.99. The molecule has 0 aliphatic carbocycles. The van der Waals surface area contributed by atoms with Gasteiger partial charge in [-0.05, 0) is 60.4 Å². The van der Waals surface area contributed by atoms with Gasteiger partial charge in [0, 0.05) is 43.3 Å². The van der Waals surface area contributed by atoms with Crippen molar-refractivity contribution >= 4 is 31.7 Å². The van der Waals surface area contributed by atoms with Crippen LogP contribution in [0.4, 0.5) is 5.69 Å². The van der Waals surface area contributed by atoms with Gasteiger partial charge in [0.2, 0.25) is 0 Å². The highest BCUT2D eigenvalue weighted by Crippen LogP contribution is 2.45. The van der Waals surface area contributed by atoms with Crippen LogP contribution < -0.4 is 5.32 Å². The van der Waals surface area contributed by atoms with Crippen LogP contribution in [0.3, 0.4) is 0 Å². The number of carbonyl (C=O) groups excluding carboxylic acids is 1. The van der Waals surface area contributed by atoms with E-state index in [0.29, 0.717) is 14.5 Å². The minimum atomic E-state index is 0.0300. The minimum absolute atomic E-state index is 0.0300. The van der Waals surface area contributed by atoms with Crippen LogP contribution in [0.5, 0.6) is 0 Å². The molecular weight excluding hydrogens is 395 g/mol. The van der Waals surface area contributed by atoms with Crippen molar-refractivity contribution in [2.45, 2.75) is 18.6 Å². The standard InChI is InChI=1S/C23H29N4O2P/c1-25-20-4-2-17(12-19(20)14-24)21-13-22(29)27-15-18(3-5-23(27)30-21)16-6-8-26(9-7-16)10-11-28/h2-5,12-16,23-25,28,30H,6-11H2,1H3. The first-order valence-corrected chi connectivity index (χ1v) is 11.6. The van der Waals surface area contributed by atoms with Gasteiger partial charge < -0.3 is 25.6 Å². The first-order valence-electron chi connectivity index (χ1n) is 10.5. The molecule has 7 heteroatoms. The van der Waals surface area contributed by atoms with E-state index in [-0.39, 0.29) is 18.3 Å². The van der Waals surface area contributed by atoms with Gasteiger partial charge in [-0.3, -0.25) is 4.79 Å². The van der Waals surface area contributed by atoms with E-state index in [4.69, 9.17) is 10.5 Å². The molecule has 0 bridgehead atoms. The quantitative estimate of drug-likeness (QED) is 0.484. The first-order chi connectivity index (χ1) is 14.6. The third kappa shape index (κ3) is 4.27. The Morgan fingerprint density at radius 2 is 2.13 bits per heavy atom. The van der Waals surface area contributed by atoms with Crippen LogP contribution in [0.15, 0.2) is 48.2 Å². The van der Waals surface area contributed by atoms with E-state index in [9.17, 15) is 4.79 Å². The number of hydrogen-bond acceptors (Lipinski definition) is 5. The van der Waals surface area contributed by atoms with E-state index in [1.165, 1.54) is 11.8 Å². The first kappa shape index (κ1) is 21.0. The van der Waals surface area contributed by atoms with Crippen molar-refractivity contribution in [1.82, 2.24) is 9.80 Å². The van der Waals surface area contributed by atoms with Crippen molar-refractivity contribution in [3.8, 4) is 0 Å².